The number of likely N-dealkylation sites (tertiary alicyclic amines) is 1. The van der Waals surface area contributed by atoms with E-state index in [0.717, 1.165) is 5.69 Å². The van der Waals surface area contributed by atoms with E-state index in [1.165, 1.54) is 0 Å². The van der Waals surface area contributed by atoms with E-state index in [4.69, 9.17) is 0 Å². The van der Waals surface area contributed by atoms with Gasteiger partial charge < -0.3 is 10.2 Å². The molecule has 1 aliphatic rings. The van der Waals surface area contributed by atoms with Gasteiger partial charge in [-0.2, -0.15) is 5.10 Å². The molecule has 2 amide bonds. The van der Waals surface area contributed by atoms with Gasteiger partial charge in [-0.05, 0) is 20.8 Å². The highest BCUT2D eigenvalue weighted by molar-refractivity contribution is 5.96. The first-order valence-corrected chi connectivity index (χ1v) is 6.49. The van der Waals surface area contributed by atoms with Crippen molar-refractivity contribution in [3.8, 4) is 0 Å². The number of hydrogen-bond donors (Lipinski definition) is 1. The van der Waals surface area contributed by atoms with E-state index in [2.05, 4.69) is 10.4 Å². The van der Waals surface area contributed by atoms with Crippen molar-refractivity contribution in [1.82, 2.24) is 14.7 Å². The van der Waals surface area contributed by atoms with Crippen LogP contribution in [-0.4, -0.2) is 39.1 Å². The standard InChI is InChI=1S/C13H20N4O2/c1-8(2)17-7-10(6-12(17)18)13(19)14-11-5-9(3)15-16(11)4/h5,8,10H,6-7H2,1-4H3,(H,14,19). The fourth-order valence-corrected chi connectivity index (χ4v) is 2.36. The van der Waals surface area contributed by atoms with Crippen LogP contribution in [0.1, 0.15) is 26.0 Å². The van der Waals surface area contributed by atoms with Gasteiger partial charge in [0, 0.05) is 32.1 Å². The number of nitrogens with zero attached hydrogens (tertiary/aromatic N) is 3. The summed E-state index contributed by atoms with van der Waals surface area (Å²) in [4.78, 5) is 25.7. The fourth-order valence-electron chi connectivity index (χ4n) is 2.36. The Hall–Kier alpha value is -1.85. The Morgan fingerprint density at radius 2 is 2.21 bits per heavy atom. The topological polar surface area (TPSA) is 67.2 Å². The van der Waals surface area contributed by atoms with Crippen molar-refractivity contribution in [2.24, 2.45) is 13.0 Å². The molecule has 0 aliphatic carbocycles. The lowest BCUT2D eigenvalue weighted by Gasteiger charge is -2.20. The molecule has 6 heteroatoms. The summed E-state index contributed by atoms with van der Waals surface area (Å²) in [7, 11) is 1.78. The van der Waals surface area contributed by atoms with Gasteiger partial charge in [-0.15, -0.1) is 0 Å². The molecule has 1 fully saturated rings. The maximum atomic E-state index is 12.2. The zero-order chi connectivity index (χ0) is 14.2. The molecule has 2 heterocycles. The molecule has 1 aromatic rings. The lowest BCUT2D eigenvalue weighted by Crippen LogP contribution is -2.33. The maximum absolute atomic E-state index is 12.2. The van der Waals surface area contributed by atoms with Crippen LogP contribution < -0.4 is 5.32 Å². The molecule has 0 bridgehead atoms. The average molecular weight is 264 g/mol. The summed E-state index contributed by atoms with van der Waals surface area (Å²) in [6.07, 6.45) is 0.293. The minimum atomic E-state index is -0.273. The highest BCUT2D eigenvalue weighted by Crippen LogP contribution is 2.21. The Bertz CT molecular complexity index is 507. The van der Waals surface area contributed by atoms with Crippen LogP contribution in [0.15, 0.2) is 6.07 Å². The van der Waals surface area contributed by atoms with Crippen LogP contribution in [0.4, 0.5) is 5.82 Å². The summed E-state index contributed by atoms with van der Waals surface area (Å²) < 4.78 is 1.63. The summed E-state index contributed by atoms with van der Waals surface area (Å²) in [6.45, 7) is 6.29. The highest BCUT2D eigenvalue weighted by atomic mass is 16.2. The third kappa shape index (κ3) is 2.77. The van der Waals surface area contributed by atoms with Crippen molar-refractivity contribution in [3.05, 3.63) is 11.8 Å². The minimum absolute atomic E-state index is 0.0522. The number of carbonyl (C=O) groups is 2. The van der Waals surface area contributed by atoms with Gasteiger partial charge in [0.1, 0.15) is 5.82 Å². The molecular weight excluding hydrogens is 244 g/mol. The SMILES string of the molecule is Cc1cc(NC(=O)C2CC(=O)N(C(C)C)C2)n(C)n1. The molecule has 1 saturated heterocycles. The number of nitrogens with one attached hydrogen (secondary N) is 1. The molecule has 0 saturated carbocycles. The number of amides is 2. The summed E-state index contributed by atoms with van der Waals surface area (Å²) in [5.74, 6) is 0.332. The number of rotatable bonds is 3. The van der Waals surface area contributed by atoms with Crippen molar-refractivity contribution in [1.29, 1.82) is 0 Å². The molecule has 0 aromatic carbocycles. The second kappa shape index (κ2) is 5.03. The monoisotopic (exact) mass is 264 g/mol. The molecule has 6 nitrogen and oxygen atoms in total. The van der Waals surface area contributed by atoms with Gasteiger partial charge in [0.05, 0.1) is 11.6 Å². The number of carbonyl (C=O) groups excluding carboxylic acids is 2. The summed E-state index contributed by atoms with van der Waals surface area (Å²) >= 11 is 0. The smallest absolute Gasteiger partial charge is 0.230 e. The van der Waals surface area contributed by atoms with Gasteiger partial charge in [0.2, 0.25) is 11.8 Å². The summed E-state index contributed by atoms with van der Waals surface area (Å²) in [5, 5.41) is 7.01. The number of aromatic nitrogens is 2. The van der Waals surface area contributed by atoms with Gasteiger partial charge in [0.25, 0.3) is 0 Å². The first-order chi connectivity index (χ1) is 8.88. The fraction of sp³-hybridized carbons (Fsp3) is 0.615. The van der Waals surface area contributed by atoms with Crippen LogP contribution in [0, 0.1) is 12.8 Å². The van der Waals surface area contributed by atoms with E-state index >= 15 is 0 Å². The normalized spacial score (nSPS) is 19.3. The molecule has 19 heavy (non-hydrogen) atoms. The van der Waals surface area contributed by atoms with Gasteiger partial charge in [-0.25, -0.2) is 0 Å². The third-order valence-electron chi connectivity index (χ3n) is 3.41. The molecule has 2 rings (SSSR count). The Labute approximate surface area is 112 Å². The predicted molar refractivity (Wildman–Crippen MR) is 71.5 cm³/mol. The van der Waals surface area contributed by atoms with E-state index in [1.54, 1.807) is 16.6 Å². The van der Waals surface area contributed by atoms with E-state index < -0.39 is 0 Å². The first-order valence-electron chi connectivity index (χ1n) is 6.49. The molecule has 0 spiro atoms. The lowest BCUT2D eigenvalue weighted by atomic mass is 10.1. The molecule has 1 aromatic heterocycles. The van der Waals surface area contributed by atoms with Crippen molar-refractivity contribution < 1.29 is 9.59 Å². The van der Waals surface area contributed by atoms with E-state index in [-0.39, 0.29) is 23.8 Å². The first kappa shape index (κ1) is 13.6. The van der Waals surface area contributed by atoms with Gasteiger partial charge >= 0.3 is 0 Å². The van der Waals surface area contributed by atoms with Crippen molar-refractivity contribution in [2.75, 3.05) is 11.9 Å². The predicted octanol–water partition coefficient (Wildman–Crippen LogP) is 0.924. The molecule has 1 unspecified atom stereocenters. The summed E-state index contributed by atoms with van der Waals surface area (Å²) in [6, 6.07) is 1.96. The van der Waals surface area contributed by atoms with Crippen LogP contribution in [0.5, 0.6) is 0 Å². The van der Waals surface area contributed by atoms with Crippen LogP contribution >= 0.6 is 0 Å². The van der Waals surface area contributed by atoms with Gasteiger partial charge in [-0.1, -0.05) is 0 Å². The van der Waals surface area contributed by atoms with Crippen molar-refractivity contribution in [3.63, 3.8) is 0 Å². The van der Waals surface area contributed by atoms with Gasteiger partial charge in [-0.3, -0.25) is 14.3 Å². The second-order valence-corrected chi connectivity index (χ2v) is 5.32. The zero-order valence-corrected chi connectivity index (χ0v) is 11.8. The second-order valence-electron chi connectivity index (χ2n) is 5.32. The van der Waals surface area contributed by atoms with Crippen LogP contribution in [0.25, 0.3) is 0 Å². The van der Waals surface area contributed by atoms with E-state index in [9.17, 15) is 9.59 Å². The van der Waals surface area contributed by atoms with Crippen LogP contribution in [0.2, 0.25) is 0 Å². The number of aryl methyl sites for hydroxylation is 2. The third-order valence-corrected chi connectivity index (χ3v) is 3.41. The van der Waals surface area contributed by atoms with Crippen molar-refractivity contribution >= 4 is 17.6 Å². The number of hydrogen-bond acceptors (Lipinski definition) is 3. The Kier molecular flexibility index (Phi) is 3.59. The van der Waals surface area contributed by atoms with Crippen LogP contribution in [-0.2, 0) is 16.6 Å². The van der Waals surface area contributed by atoms with E-state index in [0.29, 0.717) is 18.8 Å². The van der Waals surface area contributed by atoms with Crippen LogP contribution in [0.3, 0.4) is 0 Å². The Balaban J connectivity index is 2.02. The quantitative estimate of drug-likeness (QED) is 0.883. The molecular formula is C13H20N4O2. The van der Waals surface area contributed by atoms with Crippen molar-refractivity contribution in [2.45, 2.75) is 33.2 Å². The average Bonchev–Trinajstić information content (AvgIpc) is 2.83. The highest BCUT2D eigenvalue weighted by Gasteiger charge is 2.35. The lowest BCUT2D eigenvalue weighted by molar-refractivity contribution is -0.129. The van der Waals surface area contributed by atoms with E-state index in [1.807, 2.05) is 26.8 Å². The Morgan fingerprint density at radius 3 is 2.68 bits per heavy atom. The molecule has 1 N–H and O–H groups in total. The number of anilines is 1. The molecule has 104 valence electrons. The molecule has 1 atom stereocenters. The Morgan fingerprint density at radius 1 is 1.53 bits per heavy atom. The zero-order valence-electron chi connectivity index (χ0n) is 11.8. The molecule has 1 aliphatic heterocycles. The van der Waals surface area contributed by atoms with Gasteiger partial charge in [0.15, 0.2) is 0 Å². The summed E-state index contributed by atoms with van der Waals surface area (Å²) in [5.41, 5.74) is 0.851. The molecule has 0 radical (unpaired) electrons. The maximum Gasteiger partial charge on any atom is 0.230 e. The largest absolute Gasteiger partial charge is 0.339 e. The minimum Gasteiger partial charge on any atom is -0.339 e.